The summed E-state index contributed by atoms with van der Waals surface area (Å²) in [6.07, 6.45) is 0.629. The molecule has 5 heteroatoms. The average Bonchev–Trinajstić information content (AvgIpc) is 2.35. The standard InChI is InChI=1S/C15H23FN2O2/c1-5-17-11(4)15(10(2)3)8-12-6-13(16)9-14(7-12)18(19)20/h6-7,9-11,15,17H,5,8H2,1-4H3. The van der Waals surface area contributed by atoms with Crippen LogP contribution in [0.2, 0.25) is 0 Å². The zero-order valence-corrected chi connectivity index (χ0v) is 12.5. The van der Waals surface area contributed by atoms with Crippen molar-refractivity contribution in [1.29, 1.82) is 0 Å². The second kappa shape index (κ2) is 7.33. The van der Waals surface area contributed by atoms with Crippen LogP contribution in [0.3, 0.4) is 0 Å². The molecule has 2 atom stereocenters. The van der Waals surface area contributed by atoms with Crippen LogP contribution in [0, 0.1) is 27.8 Å². The van der Waals surface area contributed by atoms with Crippen LogP contribution in [0.5, 0.6) is 0 Å². The van der Waals surface area contributed by atoms with Crippen molar-refractivity contribution in [2.75, 3.05) is 6.54 Å². The van der Waals surface area contributed by atoms with Crippen LogP contribution in [-0.4, -0.2) is 17.5 Å². The number of halogens is 1. The van der Waals surface area contributed by atoms with E-state index in [9.17, 15) is 14.5 Å². The lowest BCUT2D eigenvalue weighted by Gasteiger charge is -2.28. The SMILES string of the molecule is CCNC(C)C(Cc1cc(F)cc([N+](=O)[O-])c1)C(C)C. The number of benzene rings is 1. The molecule has 1 rings (SSSR count). The van der Waals surface area contributed by atoms with E-state index in [0.29, 0.717) is 23.8 Å². The van der Waals surface area contributed by atoms with Gasteiger partial charge in [0.2, 0.25) is 0 Å². The maximum atomic E-state index is 13.5. The second-order valence-electron chi connectivity index (χ2n) is 5.53. The summed E-state index contributed by atoms with van der Waals surface area (Å²) in [6, 6.07) is 4.10. The maximum absolute atomic E-state index is 13.5. The lowest BCUT2D eigenvalue weighted by Crippen LogP contribution is -2.37. The molecular weight excluding hydrogens is 259 g/mol. The molecule has 112 valence electrons. The fourth-order valence-electron chi connectivity index (χ4n) is 2.59. The molecule has 0 aliphatic rings. The van der Waals surface area contributed by atoms with Crippen molar-refractivity contribution < 1.29 is 9.31 Å². The number of non-ortho nitro benzene ring substituents is 1. The third kappa shape index (κ3) is 4.56. The van der Waals surface area contributed by atoms with Gasteiger partial charge in [0.25, 0.3) is 5.69 Å². The molecule has 0 aromatic heterocycles. The van der Waals surface area contributed by atoms with Crippen molar-refractivity contribution in [2.24, 2.45) is 11.8 Å². The van der Waals surface area contributed by atoms with E-state index in [0.717, 1.165) is 12.6 Å². The number of nitrogens with zero attached hydrogens (tertiary/aromatic N) is 1. The third-order valence-electron chi connectivity index (χ3n) is 3.65. The lowest BCUT2D eigenvalue weighted by molar-refractivity contribution is -0.385. The summed E-state index contributed by atoms with van der Waals surface area (Å²) < 4.78 is 13.5. The zero-order chi connectivity index (χ0) is 15.3. The van der Waals surface area contributed by atoms with E-state index in [2.05, 4.69) is 26.1 Å². The Morgan fingerprint density at radius 3 is 2.45 bits per heavy atom. The van der Waals surface area contributed by atoms with E-state index >= 15 is 0 Å². The predicted octanol–water partition coefficient (Wildman–Crippen LogP) is 3.55. The molecular formula is C15H23FN2O2. The van der Waals surface area contributed by atoms with E-state index in [1.165, 1.54) is 12.1 Å². The van der Waals surface area contributed by atoms with Gasteiger partial charge in [-0.2, -0.15) is 0 Å². The van der Waals surface area contributed by atoms with Gasteiger partial charge in [-0.05, 0) is 43.4 Å². The average molecular weight is 282 g/mol. The fraction of sp³-hybridized carbons (Fsp3) is 0.600. The van der Waals surface area contributed by atoms with Crippen LogP contribution in [0.4, 0.5) is 10.1 Å². The highest BCUT2D eigenvalue weighted by Gasteiger charge is 2.22. The highest BCUT2D eigenvalue weighted by molar-refractivity contribution is 5.35. The number of hydrogen-bond acceptors (Lipinski definition) is 3. The first-order chi connectivity index (χ1) is 9.35. The Labute approximate surface area is 119 Å². The zero-order valence-electron chi connectivity index (χ0n) is 12.5. The van der Waals surface area contributed by atoms with Crippen LogP contribution in [-0.2, 0) is 6.42 Å². The van der Waals surface area contributed by atoms with Crippen LogP contribution in [0.1, 0.15) is 33.3 Å². The van der Waals surface area contributed by atoms with Crippen LogP contribution in [0.15, 0.2) is 18.2 Å². The Kier molecular flexibility index (Phi) is 6.07. The molecule has 0 aliphatic carbocycles. The summed E-state index contributed by atoms with van der Waals surface area (Å²) >= 11 is 0. The maximum Gasteiger partial charge on any atom is 0.272 e. The third-order valence-corrected chi connectivity index (χ3v) is 3.65. The van der Waals surface area contributed by atoms with E-state index in [4.69, 9.17) is 0 Å². The molecule has 0 bridgehead atoms. The fourth-order valence-corrected chi connectivity index (χ4v) is 2.59. The van der Waals surface area contributed by atoms with Crippen molar-refractivity contribution in [1.82, 2.24) is 5.32 Å². The molecule has 0 radical (unpaired) electrons. The van der Waals surface area contributed by atoms with Crippen molar-refractivity contribution in [2.45, 2.75) is 40.2 Å². The van der Waals surface area contributed by atoms with Gasteiger partial charge in [0.1, 0.15) is 5.82 Å². The molecule has 0 aliphatic heterocycles. The molecule has 4 nitrogen and oxygen atoms in total. The normalized spacial score (nSPS) is 14.3. The van der Waals surface area contributed by atoms with Gasteiger partial charge in [0, 0.05) is 12.1 Å². The van der Waals surface area contributed by atoms with Gasteiger partial charge in [-0.1, -0.05) is 20.8 Å². The van der Waals surface area contributed by atoms with Crippen LogP contribution in [0.25, 0.3) is 0 Å². The molecule has 0 heterocycles. The topological polar surface area (TPSA) is 55.2 Å². The summed E-state index contributed by atoms with van der Waals surface area (Å²) in [7, 11) is 0. The second-order valence-corrected chi connectivity index (χ2v) is 5.53. The van der Waals surface area contributed by atoms with Gasteiger partial charge in [-0.25, -0.2) is 4.39 Å². The van der Waals surface area contributed by atoms with Crippen molar-refractivity contribution in [3.05, 3.63) is 39.7 Å². The van der Waals surface area contributed by atoms with E-state index < -0.39 is 10.7 Å². The molecule has 2 unspecified atom stereocenters. The molecule has 1 aromatic carbocycles. The summed E-state index contributed by atoms with van der Waals surface area (Å²) in [5.41, 5.74) is 0.499. The Hall–Kier alpha value is -1.49. The van der Waals surface area contributed by atoms with Crippen LogP contribution < -0.4 is 5.32 Å². The number of nitro benzene ring substituents is 1. The Morgan fingerprint density at radius 1 is 1.30 bits per heavy atom. The largest absolute Gasteiger partial charge is 0.314 e. The van der Waals surface area contributed by atoms with E-state index in [1.54, 1.807) is 0 Å². The number of nitro groups is 1. The molecule has 1 aromatic rings. The summed E-state index contributed by atoms with van der Waals surface area (Å²) in [6.45, 7) is 9.24. The first-order valence-corrected chi connectivity index (χ1v) is 7.02. The van der Waals surface area contributed by atoms with Gasteiger partial charge >= 0.3 is 0 Å². The first-order valence-electron chi connectivity index (χ1n) is 7.02. The number of hydrogen-bond donors (Lipinski definition) is 1. The van der Waals surface area contributed by atoms with E-state index in [1.807, 2.05) is 6.92 Å². The molecule has 0 fully saturated rings. The van der Waals surface area contributed by atoms with Crippen LogP contribution >= 0.6 is 0 Å². The minimum atomic E-state index is -0.551. The lowest BCUT2D eigenvalue weighted by atomic mass is 9.84. The highest BCUT2D eigenvalue weighted by atomic mass is 19.1. The minimum Gasteiger partial charge on any atom is -0.314 e. The van der Waals surface area contributed by atoms with Gasteiger partial charge in [0.05, 0.1) is 11.0 Å². The number of rotatable bonds is 7. The van der Waals surface area contributed by atoms with Gasteiger partial charge in [-0.3, -0.25) is 10.1 Å². The molecule has 0 saturated heterocycles. The number of nitrogens with one attached hydrogen (secondary N) is 1. The summed E-state index contributed by atoms with van der Waals surface area (Å²) in [5, 5.41) is 14.2. The monoisotopic (exact) mass is 282 g/mol. The minimum absolute atomic E-state index is 0.182. The molecule has 0 amide bonds. The highest BCUT2D eigenvalue weighted by Crippen LogP contribution is 2.24. The van der Waals surface area contributed by atoms with Gasteiger partial charge in [0.15, 0.2) is 0 Å². The van der Waals surface area contributed by atoms with Gasteiger partial charge in [-0.15, -0.1) is 0 Å². The van der Waals surface area contributed by atoms with Crippen molar-refractivity contribution in [3.63, 3.8) is 0 Å². The molecule has 0 spiro atoms. The predicted molar refractivity (Wildman–Crippen MR) is 78.2 cm³/mol. The molecule has 1 N–H and O–H groups in total. The summed E-state index contributed by atoms with van der Waals surface area (Å²) in [5.74, 6) is 0.163. The van der Waals surface area contributed by atoms with Gasteiger partial charge < -0.3 is 5.32 Å². The molecule has 0 saturated carbocycles. The Balaban J connectivity index is 2.96. The van der Waals surface area contributed by atoms with E-state index in [-0.39, 0.29) is 11.7 Å². The first kappa shape index (κ1) is 16.6. The smallest absolute Gasteiger partial charge is 0.272 e. The van der Waals surface area contributed by atoms with Crippen molar-refractivity contribution in [3.8, 4) is 0 Å². The quantitative estimate of drug-likeness (QED) is 0.614. The Morgan fingerprint density at radius 2 is 1.95 bits per heavy atom. The molecule has 20 heavy (non-hydrogen) atoms. The Bertz CT molecular complexity index is 463. The van der Waals surface area contributed by atoms with Crippen molar-refractivity contribution >= 4 is 5.69 Å². The summed E-state index contributed by atoms with van der Waals surface area (Å²) in [4.78, 5) is 10.2.